The third kappa shape index (κ3) is 5.83. The minimum Gasteiger partial charge on any atom is -0.303 e. The molecular formula is C23H34N2. The van der Waals surface area contributed by atoms with Crippen molar-refractivity contribution >= 4 is 10.8 Å². The third-order valence-electron chi connectivity index (χ3n) is 5.56. The molecule has 1 fully saturated rings. The molecule has 2 heteroatoms. The van der Waals surface area contributed by atoms with Crippen molar-refractivity contribution < 1.29 is 0 Å². The largest absolute Gasteiger partial charge is 0.303 e. The Morgan fingerprint density at radius 1 is 0.880 bits per heavy atom. The summed E-state index contributed by atoms with van der Waals surface area (Å²) in [6.07, 6.45) is 8.33. The second kappa shape index (κ2) is 9.94. The van der Waals surface area contributed by atoms with Crippen molar-refractivity contribution in [1.29, 1.82) is 0 Å². The molecule has 1 aliphatic heterocycles. The number of nitrogens with zero attached hydrogens (tertiary/aromatic N) is 2. The smallest absolute Gasteiger partial charge is 0.0233 e. The number of hydrogen-bond acceptors (Lipinski definition) is 2. The third-order valence-corrected chi connectivity index (χ3v) is 5.56. The van der Waals surface area contributed by atoms with Gasteiger partial charge >= 0.3 is 0 Å². The minimum atomic E-state index is 1.08. The molecule has 1 saturated heterocycles. The van der Waals surface area contributed by atoms with Crippen molar-refractivity contribution in [1.82, 2.24) is 9.80 Å². The van der Waals surface area contributed by atoms with Gasteiger partial charge in [0.25, 0.3) is 0 Å². The van der Waals surface area contributed by atoms with Crippen LogP contribution >= 0.6 is 0 Å². The molecule has 136 valence electrons. The van der Waals surface area contributed by atoms with Crippen LogP contribution in [0.4, 0.5) is 0 Å². The quantitative estimate of drug-likeness (QED) is 0.571. The van der Waals surface area contributed by atoms with E-state index < -0.39 is 0 Å². The Labute approximate surface area is 153 Å². The van der Waals surface area contributed by atoms with Gasteiger partial charge in [-0.2, -0.15) is 0 Å². The Bertz CT molecular complexity index is 631. The van der Waals surface area contributed by atoms with E-state index in [2.05, 4.69) is 59.2 Å². The Balaban J connectivity index is 1.39. The number of rotatable bonds is 9. The molecular weight excluding hydrogens is 304 g/mol. The zero-order valence-corrected chi connectivity index (χ0v) is 15.9. The molecule has 0 atom stereocenters. The van der Waals surface area contributed by atoms with Crippen LogP contribution in [0.2, 0.25) is 0 Å². The first-order valence-corrected chi connectivity index (χ1v) is 10.3. The van der Waals surface area contributed by atoms with Gasteiger partial charge in [0.05, 0.1) is 0 Å². The highest BCUT2D eigenvalue weighted by Gasteiger charge is 2.09. The highest BCUT2D eigenvalue weighted by atomic mass is 15.1. The molecule has 1 heterocycles. The molecule has 0 bridgehead atoms. The highest BCUT2D eigenvalue weighted by molar-refractivity contribution is 5.82. The number of benzene rings is 2. The molecule has 0 amide bonds. The summed E-state index contributed by atoms with van der Waals surface area (Å²) < 4.78 is 0. The van der Waals surface area contributed by atoms with Gasteiger partial charge in [-0.25, -0.2) is 0 Å². The topological polar surface area (TPSA) is 6.48 Å². The van der Waals surface area contributed by atoms with E-state index in [1.54, 1.807) is 0 Å². The lowest BCUT2D eigenvalue weighted by Crippen LogP contribution is -2.30. The van der Waals surface area contributed by atoms with Crippen LogP contribution in [0.5, 0.6) is 0 Å². The van der Waals surface area contributed by atoms with E-state index >= 15 is 0 Å². The number of piperidine rings is 1. The van der Waals surface area contributed by atoms with Crippen LogP contribution in [0.25, 0.3) is 10.8 Å². The second-order valence-electron chi connectivity index (χ2n) is 7.51. The molecule has 2 nitrogen and oxygen atoms in total. The first kappa shape index (κ1) is 18.4. The van der Waals surface area contributed by atoms with E-state index in [0.29, 0.717) is 0 Å². The van der Waals surface area contributed by atoms with Crippen LogP contribution in [0.1, 0.15) is 51.0 Å². The van der Waals surface area contributed by atoms with E-state index in [4.69, 9.17) is 0 Å². The van der Waals surface area contributed by atoms with Crippen molar-refractivity contribution in [3.05, 3.63) is 48.0 Å². The Kier molecular flexibility index (Phi) is 7.32. The molecule has 3 rings (SSSR count). The summed E-state index contributed by atoms with van der Waals surface area (Å²) in [6.45, 7) is 9.72. The maximum Gasteiger partial charge on any atom is 0.0233 e. The molecule has 2 aromatic rings. The van der Waals surface area contributed by atoms with Crippen LogP contribution in [-0.2, 0) is 6.54 Å². The van der Waals surface area contributed by atoms with Gasteiger partial charge in [-0.05, 0) is 80.8 Å². The van der Waals surface area contributed by atoms with Crippen molar-refractivity contribution in [2.75, 3.05) is 32.7 Å². The zero-order valence-electron chi connectivity index (χ0n) is 15.9. The molecule has 0 aromatic heterocycles. The van der Waals surface area contributed by atoms with Crippen molar-refractivity contribution in [2.45, 2.75) is 52.0 Å². The Morgan fingerprint density at radius 3 is 2.48 bits per heavy atom. The van der Waals surface area contributed by atoms with Gasteiger partial charge in [0.1, 0.15) is 0 Å². The lowest BCUT2D eigenvalue weighted by atomic mass is 10.1. The number of hydrogen-bond donors (Lipinski definition) is 0. The van der Waals surface area contributed by atoms with Crippen LogP contribution in [0.3, 0.4) is 0 Å². The van der Waals surface area contributed by atoms with E-state index in [9.17, 15) is 0 Å². The Hall–Kier alpha value is -1.38. The fourth-order valence-electron chi connectivity index (χ4n) is 3.97. The van der Waals surface area contributed by atoms with E-state index in [1.165, 1.54) is 81.0 Å². The summed E-state index contributed by atoms with van der Waals surface area (Å²) in [4.78, 5) is 5.25. The zero-order chi connectivity index (χ0) is 17.3. The minimum absolute atomic E-state index is 1.08. The van der Waals surface area contributed by atoms with Crippen LogP contribution in [0.15, 0.2) is 42.5 Å². The fraction of sp³-hybridized carbons (Fsp3) is 0.565. The molecule has 25 heavy (non-hydrogen) atoms. The summed E-state index contributed by atoms with van der Waals surface area (Å²) >= 11 is 0. The molecule has 0 radical (unpaired) electrons. The molecule has 0 unspecified atom stereocenters. The number of unbranched alkanes of at least 4 members (excludes halogenated alkanes) is 2. The first-order valence-electron chi connectivity index (χ1n) is 10.3. The average molecular weight is 339 g/mol. The maximum atomic E-state index is 2.66. The Morgan fingerprint density at radius 2 is 1.68 bits per heavy atom. The fourth-order valence-corrected chi connectivity index (χ4v) is 3.97. The van der Waals surface area contributed by atoms with Crippen LogP contribution in [-0.4, -0.2) is 42.5 Å². The summed E-state index contributed by atoms with van der Waals surface area (Å²) in [5.41, 5.74) is 1.44. The first-order chi connectivity index (χ1) is 12.3. The SMILES string of the molecule is CCN(CCCCCN1CCCCC1)Cc1ccc2ccccc2c1. The average Bonchev–Trinajstić information content (AvgIpc) is 2.67. The predicted octanol–water partition coefficient (Wildman–Crippen LogP) is 5.32. The van der Waals surface area contributed by atoms with Gasteiger partial charge in [0, 0.05) is 6.54 Å². The predicted molar refractivity (Wildman–Crippen MR) is 109 cm³/mol. The number of likely N-dealkylation sites (tertiary alicyclic amines) is 1. The van der Waals surface area contributed by atoms with Crippen molar-refractivity contribution in [2.24, 2.45) is 0 Å². The normalized spacial score (nSPS) is 15.9. The summed E-state index contributed by atoms with van der Waals surface area (Å²) in [7, 11) is 0. The molecule has 0 saturated carbocycles. The lowest BCUT2D eigenvalue weighted by molar-refractivity contribution is 0.220. The lowest BCUT2D eigenvalue weighted by Gasteiger charge is -2.26. The van der Waals surface area contributed by atoms with Crippen molar-refractivity contribution in [3.8, 4) is 0 Å². The summed E-state index contributed by atoms with van der Waals surface area (Å²) in [5, 5.41) is 2.70. The molecule has 0 spiro atoms. The standard InChI is InChI=1S/C23H34N2/c1-2-24(15-7-3-8-16-25-17-9-4-10-18-25)20-21-13-14-22-11-5-6-12-23(22)19-21/h5-6,11-14,19H,2-4,7-10,15-18,20H2,1H3. The van der Waals surface area contributed by atoms with Crippen LogP contribution in [0, 0.1) is 0 Å². The van der Waals surface area contributed by atoms with E-state index in [1.807, 2.05) is 0 Å². The van der Waals surface area contributed by atoms with Gasteiger partial charge in [0.2, 0.25) is 0 Å². The van der Waals surface area contributed by atoms with Crippen LogP contribution < -0.4 is 0 Å². The molecule has 1 aliphatic rings. The monoisotopic (exact) mass is 338 g/mol. The van der Waals surface area contributed by atoms with Gasteiger partial charge < -0.3 is 4.90 Å². The van der Waals surface area contributed by atoms with E-state index in [0.717, 1.165) is 13.1 Å². The molecule has 0 N–H and O–H groups in total. The highest BCUT2D eigenvalue weighted by Crippen LogP contribution is 2.17. The molecule has 2 aromatic carbocycles. The van der Waals surface area contributed by atoms with Crippen molar-refractivity contribution in [3.63, 3.8) is 0 Å². The molecule has 0 aliphatic carbocycles. The van der Waals surface area contributed by atoms with Gasteiger partial charge in [-0.1, -0.05) is 56.2 Å². The summed E-state index contributed by atoms with van der Waals surface area (Å²) in [5.74, 6) is 0. The van der Waals surface area contributed by atoms with Gasteiger partial charge in [-0.3, -0.25) is 4.90 Å². The summed E-state index contributed by atoms with van der Waals surface area (Å²) in [6, 6.07) is 15.6. The number of fused-ring (bicyclic) bond motifs is 1. The maximum absolute atomic E-state index is 2.66. The van der Waals surface area contributed by atoms with Gasteiger partial charge in [-0.15, -0.1) is 0 Å². The van der Waals surface area contributed by atoms with E-state index in [-0.39, 0.29) is 0 Å². The van der Waals surface area contributed by atoms with Gasteiger partial charge in [0.15, 0.2) is 0 Å². The second-order valence-corrected chi connectivity index (χ2v) is 7.51.